The van der Waals surface area contributed by atoms with Crippen molar-refractivity contribution >= 4 is 21.4 Å². The van der Waals surface area contributed by atoms with Crippen LogP contribution in [0.15, 0.2) is 29.6 Å². The quantitative estimate of drug-likeness (QED) is 0.754. The van der Waals surface area contributed by atoms with Crippen molar-refractivity contribution in [2.75, 3.05) is 6.54 Å². The van der Waals surface area contributed by atoms with Crippen LogP contribution in [0.5, 0.6) is 0 Å². The number of rotatable bonds is 6. The summed E-state index contributed by atoms with van der Waals surface area (Å²) in [5.74, 6) is 2.06. The van der Waals surface area contributed by atoms with E-state index in [0.717, 1.165) is 18.4 Å². The highest BCUT2D eigenvalue weighted by Crippen LogP contribution is 2.38. The van der Waals surface area contributed by atoms with Crippen molar-refractivity contribution in [3.8, 4) is 0 Å². The van der Waals surface area contributed by atoms with E-state index in [0.29, 0.717) is 12.5 Å². The summed E-state index contributed by atoms with van der Waals surface area (Å²) < 4.78 is 1.34. The monoisotopic (exact) mass is 345 g/mol. The molecule has 1 fully saturated rings. The van der Waals surface area contributed by atoms with E-state index in [-0.39, 0.29) is 0 Å². The molecule has 24 heavy (non-hydrogen) atoms. The number of fused-ring (bicyclic) bond motifs is 1. The second-order valence-corrected chi connectivity index (χ2v) is 8.98. The van der Waals surface area contributed by atoms with Crippen molar-refractivity contribution in [2.45, 2.75) is 58.6 Å². The van der Waals surface area contributed by atoms with Gasteiger partial charge in [0.1, 0.15) is 0 Å². The van der Waals surface area contributed by atoms with E-state index in [4.69, 9.17) is 0 Å². The highest BCUT2D eigenvalue weighted by molar-refractivity contribution is 7.17. The van der Waals surface area contributed by atoms with Crippen LogP contribution in [-0.4, -0.2) is 17.3 Å². The molecule has 3 heteroatoms. The van der Waals surface area contributed by atoms with Crippen LogP contribution >= 0.6 is 11.3 Å². The summed E-state index contributed by atoms with van der Waals surface area (Å²) in [6, 6.07) is 8.55. The van der Waals surface area contributed by atoms with Gasteiger partial charge < -0.3 is 10.4 Å². The zero-order valence-electron chi connectivity index (χ0n) is 15.2. The molecule has 1 unspecified atom stereocenters. The molecule has 1 aliphatic rings. The largest absolute Gasteiger partial charge is 0.389 e. The summed E-state index contributed by atoms with van der Waals surface area (Å²) in [6.45, 7) is 8.19. The maximum Gasteiger partial charge on any atom is 0.0771 e. The molecule has 2 nitrogen and oxygen atoms in total. The van der Waals surface area contributed by atoms with Crippen molar-refractivity contribution in [2.24, 2.45) is 17.8 Å². The Morgan fingerprint density at radius 2 is 1.92 bits per heavy atom. The van der Waals surface area contributed by atoms with E-state index in [1.807, 2.05) is 6.92 Å². The Balaban J connectivity index is 1.52. The first-order valence-electron chi connectivity index (χ1n) is 9.35. The molecular formula is C21H31NOS. The van der Waals surface area contributed by atoms with Crippen LogP contribution in [0.1, 0.15) is 52.0 Å². The molecular weight excluding hydrogens is 314 g/mol. The molecule has 1 atom stereocenters. The second-order valence-electron chi connectivity index (χ2n) is 8.07. The molecule has 2 N–H and O–H groups in total. The summed E-state index contributed by atoms with van der Waals surface area (Å²) in [4.78, 5) is 0. The van der Waals surface area contributed by atoms with Crippen molar-refractivity contribution < 1.29 is 5.11 Å². The smallest absolute Gasteiger partial charge is 0.0771 e. The minimum Gasteiger partial charge on any atom is -0.389 e. The van der Waals surface area contributed by atoms with E-state index < -0.39 is 5.60 Å². The summed E-state index contributed by atoms with van der Waals surface area (Å²) in [7, 11) is 0. The molecule has 2 aromatic rings. The van der Waals surface area contributed by atoms with Crippen LogP contribution in [0, 0.1) is 17.8 Å². The van der Waals surface area contributed by atoms with E-state index in [9.17, 15) is 5.11 Å². The summed E-state index contributed by atoms with van der Waals surface area (Å²) in [6.07, 6.45) is 4.87. The minimum absolute atomic E-state index is 0.430. The van der Waals surface area contributed by atoms with E-state index >= 15 is 0 Å². The van der Waals surface area contributed by atoms with E-state index in [1.165, 1.54) is 41.3 Å². The zero-order chi connectivity index (χ0) is 17.2. The summed E-state index contributed by atoms with van der Waals surface area (Å²) in [5, 5.41) is 18.0. The van der Waals surface area contributed by atoms with Crippen LogP contribution in [0.3, 0.4) is 0 Å². The lowest BCUT2D eigenvalue weighted by molar-refractivity contribution is -0.0240. The predicted octanol–water partition coefficient (Wildman–Crippen LogP) is 5.20. The lowest BCUT2D eigenvalue weighted by Gasteiger charge is -2.39. The third-order valence-electron chi connectivity index (χ3n) is 5.95. The first kappa shape index (κ1) is 17.9. The van der Waals surface area contributed by atoms with Gasteiger partial charge >= 0.3 is 0 Å². The van der Waals surface area contributed by atoms with Gasteiger partial charge in [-0.2, -0.15) is 0 Å². The van der Waals surface area contributed by atoms with Crippen LogP contribution in [0.25, 0.3) is 10.1 Å². The van der Waals surface area contributed by atoms with Crippen molar-refractivity contribution in [3.05, 3.63) is 35.2 Å². The highest BCUT2D eigenvalue weighted by Gasteiger charge is 2.35. The van der Waals surface area contributed by atoms with Gasteiger partial charge in [-0.3, -0.25) is 0 Å². The average molecular weight is 346 g/mol. The van der Waals surface area contributed by atoms with Gasteiger partial charge in [-0.25, -0.2) is 0 Å². The molecule has 0 spiro atoms. The highest BCUT2D eigenvalue weighted by atomic mass is 32.1. The number of thiophene rings is 1. The van der Waals surface area contributed by atoms with Gasteiger partial charge in [0, 0.05) is 17.8 Å². The van der Waals surface area contributed by atoms with Gasteiger partial charge in [0.05, 0.1) is 5.60 Å². The lowest BCUT2D eigenvalue weighted by atomic mass is 9.71. The normalized spacial score (nSPS) is 24.4. The van der Waals surface area contributed by atoms with Gasteiger partial charge in [0.25, 0.3) is 0 Å². The Morgan fingerprint density at radius 1 is 1.21 bits per heavy atom. The fraction of sp³-hybridized carbons (Fsp3) is 0.619. The average Bonchev–Trinajstić information content (AvgIpc) is 2.98. The van der Waals surface area contributed by atoms with Gasteiger partial charge in [-0.05, 0) is 72.8 Å². The molecule has 0 bridgehead atoms. The van der Waals surface area contributed by atoms with E-state index in [1.54, 1.807) is 11.3 Å². The number of hydrogen-bond donors (Lipinski definition) is 2. The van der Waals surface area contributed by atoms with Gasteiger partial charge in [-0.1, -0.05) is 32.0 Å². The Bertz CT molecular complexity index is 653. The first-order valence-corrected chi connectivity index (χ1v) is 10.2. The minimum atomic E-state index is -0.603. The zero-order valence-corrected chi connectivity index (χ0v) is 16.0. The van der Waals surface area contributed by atoms with Crippen molar-refractivity contribution in [1.29, 1.82) is 0 Å². The Hall–Kier alpha value is -0.900. The Morgan fingerprint density at radius 3 is 2.62 bits per heavy atom. The number of aliphatic hydroxyl groups is 1. The molecule has 0 saturated heterocycles. The molecule has 1 saturated carbocycles. The number of hydrogen-bond acceptors (Lipinski definition) is 3. The number of benzene rings is 1. The van der Waals surface area contributed by atoms with Crippen LogP contribution < -0.4 is 5.32 Å². The molecule has 1 aromatic heterocycles. The Labute approximate surface area is 150 Å². The van der Waals surface area contributed by atoms with Crippen LogP contribution in [0.2, 0.25) is 0 Å². The van der Waals surface area contributed by atoms with Crippen molar-refractivity contribution in [3.63, 3.8) is 0 Å². The fourth-order valence-electron chi connectivity index (χ4n) is 4.17. The Kier molecular flexibility index (Phi) is 5.63. The van der Waals surface area contributed by atoms with Crippen LogP contribution in [-0.2, 0) is 6.54 Å². The summed E-state index contributed by atoms with van der Waals surface area (Å²) >= 11 is 1.80. The molecule has 1 aliphatic carbocycles. The van der Waals surface area contributed by atoms with Crippen LogP contribution in [0.4, 0.5) is 0 Å². The maximum absolute atomic E-state index is 10.9. The molecule has 3 rings (SSSR count). The number of nitrogens with one attached hydrogen (secondary N) is 1. The standard InChI is InChI=1S/C21H31NOS/c1-15(2)16-8-10-18(11-9-16)21(3,23)14-22-12-17-13-24-20-7-5-4-6-19(17)20/h4-7,13,15-16,18,22-23H,8-12,14H2,1-3H3. The fourth-order valence-corrected chi connectivity index (χ4v) is 5.13. The van der Waals surface area contributed by atoms with E-state index in [2.05, 4.69) is 48.8 Å². The SMILES string of the molecule is CC(C)C1CCC(C(C)(O)CNCc2csc3ccccc23)CC1. The third kappa shape index (κ3) is 4.01. The second kappa shape index (κ2) is 7.55. The molecule has 1 heterocycles. The first-order chi connectivity index (χ1) is 11.5. The predicted molar refractivity (Wildman–Crippen MR) is 104 cm³/mol. The maximum atomic E-state index is 10.9. The van der Waals surface area contributed by atoms with Crippen molar-refractivity contribution in [1.82, 2.24) is 5.32 Å². The lowest BCUT2D eigenvalue weighted by Crippen LogP contribution is -2.45. The summed E-state index contributed by atoms with van der Waals surface area (Å²) in [5.41, 5.74) is 0.739. The molecule has 0 amide bonds. The molecule has 1 aromatic carbocycles. The molecule has 132 valence electrons. The molecule has 0 aliphatic heterocycles. The van der Waals surface area contributed by atoms with Gasteiger partial charge in [0.15, 0.2) is 0 Å². The topological polar surface area (TPSA) is 32.3 Å². The third-order valence-corrected chi connectivity index (χ3v) is 6.97. The molecule has 0 radical (unpaired) electrons. The van der Waals surface area contributed by atoms with Gasteiger partial charge in [-0.15, -0.1) is 11.3 Å². The van der Waals surface area contributed by atoms with Gasteiger partial charge in [0.2, 0.25) is 0 Å².